The second-order valence-corrected chi connectivity index (χ2v) is 5.79. The molecule has 1 aliphatic rings. The molecular formula is C17H14FN3O4. The van der Waals surface area contributed by atoms with E-state index < -0.39 is 5.82 Å². The lowest BCUT2D eigenvalue weighted by molar-refractivity contribution is -0.0173. The Bertz CT molecular complexity index is 999. The van der Waals surface area contributed by atoms with E-state index in [0.29, 0.717) is 33.5 Å². The lowest BCUT2D eigenvalue weighted by Gasteiger charge is -2.21. The molecule has 1 aliphatic heterocycles. The molecule has 0 unspecified atom stereocenters. The van der Waals surface area contributed by atoms with Crippen LogP contribution in [0.3, 0.4) is 0 Å². The third kappa shape index (κ3) is 2.47. The van der Waals surface area contributed by atoms with Crippen molar-refractivity contribution >= 4 is 22.3 Å². The summed E-state index contributed by atoms with van der Waals surface area (Å²) in [4.78, 5) is 11.1. The van der Waals surface area contributed by atoms with Gasteiger partial charge in [-0.25, -0.2) is 4.39 Å². The molecule has 128 valence electrons. The summed E-state index contributed by atoms with van der Waals surface area (Å²) in [5.74, 6) is -0.230. The van der Waals surface area contributed by atoms with Crippen molar-refractivity contribution in [2.45, 2.75) is 13.2 Å². The first-order chi connectivity index (χ1) is 12.1. The predicted octanol–water partition coefficient (Wildman–Crippen LogP) is 3.38. The number of anilines is 1. The summed E-state index contributed by atoms with van der Waals surface area (Å²) in [6.45, 7) is 0.395. The van der Waals surface area contributed by atoms with Gasteiger partial charge in [-0.3, -0.25) is 0 Å². The minimum absolute atomic E-state index is 0.0676. The van der Waals surface area contributed by atoms with Crippen LogP contribution >= 0.6 is 0 Å². The zero-order valence-corrected chi connectivity index (χ0v) is 13.0. The molecule has 2 aromatic carbocycles. The van der Waals surface area contributed by atoms with Gasteiger partial charge in [-0.15, -0.1) is 4.91 Å². The fraction of sp³-hybridized carbons (Fsp3) is 0.176. The molecule has 0 bridgehead atoms. The number of nitrogens with zero attached hydrogens (tertiary/aromatic N) is 2. The summed E-state index contributed by atoms with van der Waals surface area (Å²) >= 11 is 0. The van der Waals surface area contributed by atoms with Crippen molar-refractivity contribution in [2.75, 3.05) is 12.5 Å². The van der Waals surface area contributed by atoms with Gasteiger partial charge < -0.3 is 24.9 Å². The highest BCUT2D eigenvalue weighted by Gasteiger charge is 2.22. The predicted molar refractivity (Wildman–Crippen MR) is 89.3 cm³/mol. The Hall–Kier alpha value is -3.13. The maximum Gasteiger partial charge on any atom is 0.222 e. The number of hydrogen-bond donors (Lipinski definition) is 2. The summed E-state index contributed by atoms with van der Waals surface area (Å²) in [6, 6.07) is 7.53. The quantitative estimate of drug-likeness (QED) is 0.561. The standard InChI is InChI=1S/C17H14FN3O4/c18-11-3-9(16-10(4-11)7-24-8-25-16)6-21-14-5-12(19)1-2-13(14)15(20-23)17(21)22/h1-5,22H,6-8,19H2. The molecule has 8 heteroatoms. The largest absolute Gasteiger partial charge is 0.493 e. The van der Waals surface area contributed by atoms with Gasteiger partial charge in [0.2, 0.25) is 5.88 Å². The van der Waals surface area contributed by atoms with E-state index in [2.05, 4.69) is 5.18 Å². The number of hydrogen-bond acceptors (Lipinski definition) is 6. The molecule has 0 spiro atoms. The van der Waals surface area contributed by atoms with Crippen LogP contribution in [0.1, 0.15) is 11.1 Å². The van der Waals surface area contributed by atoms with Crippen molar-refractivity contribution in [1.82, 2.24) is 4.57 Å². The fourth-order valence-electron chi connectivity index (χ4n) is 3.13. The molecule has 3 aromatic rings. The number of benzene rings is 2. The molecule has 4 rings (SSSR count). The van der Waals surface area contributed by atoms with Crippen molar-refractivity contribution in [2.24, 2.45) is 5.18 Å². The topological polar surface area (TPSA) is 99.1 Å². The smallest absolute Gasteiger partial charge is 0.222 e. The first-order valence-electron chi connectivity index (χ1n) is 7.54. The summed E-state index contributed by atoms with van der Waals surface area (Å²) in [5, 5.41) is 13.8. The van der Waals surface area contributed by atoms with Crippen molar-refractivity contribution in [3.8, 4) is 11.6 Å². The van der Waals surface area contributed by atoms with Gasteiger partial charge in [-0.2, -0.15) is 0 Å². The van der Waals surface area contributed by atoms with Gasteiger partial charge in [-0.05, 0) is 35.5 Å². The normalized spacial score (nSPS) is 13.5. The minimum atomic E-state index is -0.438. The number of ether oxygens (including phenoxy) is 2. The van der Waals surface area contributed by atoms with Gasteiger partial charge in [0.1, 0.15) is 11.6 Å². The molecule has 3 N–H and O–H groups in total. The van der Waals surface area contributed by atoms with Crippen LogP contribution in [0.5, 0.6) is 11.6 Å². The van der Waals surface area contributed by atoms with Crippen LogP contribution < -0.4 is 10.5 Å². The monoisotopic (exact) mass is 343 g/mol. The Kier molecular flexibility index (Phi) is 3.54. The maximum atomic E-state index is 13.9. The summed E-state index contributed by atoms with van der Waals surface area (Å²) in [5.41, 5.74) is 7.84. The molecule has 0 atom stereocenters. The van der Waals surface area contributed by atoms with E-state index in [-0.39, 0.29) is 31.5 Å². The molecule has 0 saturated heterocycles. The summed E-state index contributed by atoms with van der Waals surface area (Å²) in [7, 11) is 0. The van der Waals surface area contributed by atoms with Crippen LogP contribution in [0.2, 0.25) is 0 Å². The summed E-state index contributed by atoms with van der Waals surface area (Å²) in [6.07, 6.45) is 0. The molecule has 2 heterocycles. The number of aromatic nitrogens is 1. The Labute approximate surface area is 141 Å². The molecule has 25 heavy (non-hydrogen) atoms. The van der Waals surface area contributed by atoms with Crippen molar-refractivity contribution in [1.29, 1.82) is 0 Å². The van der Waals surface area contributed by atoms with Gasteiger partial charge in [-0.1, -0.05) is 0 Å². The third-order valence-electron chi connectivity index (χ3n) is 4.21. The number of nitrogens with two attached hydrogens (primary N) is 1. The fourth-order valence-corrected chi connectivity index (χ4v) is 3.13. The highest BCUT2D eigenvalue weighted by atomic mass is 19.1. The first kappa shape index (κ1) is 15.4. The second kappa shape index (κ2) is 5.75. The highest BCUT2D eigenvalue weighted by molar-refractivity contribution is 5.96. The summed E-state index contributed by atoms with van der Waals surface area (Å²) < 4.78 is 26.1. The van der Waals surface area contributed by atoms with E-state index in [1.54, 1.807) is 18.2 Å². The van der Waals surface area contributed by atoms with Gasteiger partial charge >= 0.3 is 0 Å². The number of rotatable bonds is 3. The Morgan fingerprint density at radius 2 is 2.16 bits per heavy atom. The van der Waals surface area contributed by atoms with Crippen LogP contribution in [0, 0.1) is 10.7 Å². The number of halogens is 1. The average Bonchev–Trinajstić information content (AvgIpc) is 2.85. The van der Waals surface area contributed by atoms with Crippen molar-refractivity contribution < 1.29 is 19.0 Å². The number of nitroso groups, excluding NO2 is 1. The lowest BCUT2D eigenvalue weighted by Crippen LogP contribution is -2.14. The molecule has 0 aliphatic carbocycles. The van der Waals surface area contributed by atoms with E-state index in [9.17, 15) is 14.4 Å². The Balaban J connectivity index is 1.90. The molecule has 1 aromatic heterocycles. The van der Waals surface area contributed by atoms with Crippen LogP contribution in [-0.4, -0.2) is 16.5 Å². The van der Waals surface area contributed by atoms with Crippen LogP contribution in [0.4, 0.5) is 15.8 Å². The van der Waals surface area contributed by atoms with Crippen LogP contribution in [0.25, 0.3) is 10.9 Å². The van der Waals surface area contributed by atoms with Gasteiger partial charge in [0.25, 0.3) is 0 Å². The molecule has 0 radical (unpaired) electrons. The van der Waals surface area contributed by atoms with E-state index in [0.717, 1.165) is 0 Å². The molecule has 0 saturated carbocycles. The highest BCUT2D eigenvalue weighted by Crippen LogP contribution is 2.40. The SMILES string of the molecule is Nc1ccc2c(N=O)c(O)n(Cc3cc(F)cc4c3OCOC4)c2c1. The zero-order valence-electron chi connectivity index (χ0n) is 13.0. The van der Waals surface area contributed by atoms with Gasteiger partial charge in [0.15, 0.2) is 12.5 Å². The zero-order chi connectivity index (χ0) is 17.6. The third-order valence-corrected chi connectivity index (χ3v) is 4.21. The lowest BCUT2D eigenvalue weighted by atomic mass is 10.1. The van der Waals surface area contributed by atoms with Crippen molar-refractivity contribution in [3.63, 3.8) is 0 Å². The number of fused-ring (bicyclic) bond motifs is 2. The molecule has 7 nitrogen and oxygen atoms in total. The number of nitrogen functional groups attached to an aromatic ring is 1. The Morgan fingerprint density at radius 1 is 1.32 bits per heavy atom. The van der Waals surface area contributed by atoms with Gasteiger partial charge in [0, 0.05) is 22.2 Å². The van der Waals surface area contributed by atoms with E-state index in [4.69, 9.17) is 15.2 Å². The van der Waals surface area contributed by atoms with E-state index >= 15 is 0 Å². The first-order valence-corrected chi connectivity index (χ1v) is 7.54. The minimum Gasteiger partial charge on any atom is -0.493 e. The Morgan fingerprint density at radius 3 is 2.96 bits per heavy atom. The maximum absolute atomic E-state index is 13.9. The second-order valence-electron chi connectivity index (χ2n) is 5.79. The molecule has 0 amide bonds. The van der Waals surface area contributed by atoms with E-state index in [1.807, 2.05) is 0 Å². The average molecular weight is 343 g/mol. The number of aromatic hydroxyl groups is 1. The van der Waals surface area contributed by atoms with E-state index in [1.165, 1.54) is 16.7 Å². The van der Waals surface area contributed by atoms with Crippen molar-refractivity contribution in [3.05, 3.63) is 52.2 Å². The van der Waals surface area contributed by atoms with Gasteiger partial charge in [0.05, 0.1) is 18.7 Å². The molecule has 0 fully saturated rings. The van der Waals surface area contributed by atoms with Crippen LogP contribution in [0.15, 0.2) is 35.5 Å². The van der Waals surface area contributed by atoms with Crippen LogP contribution in [-0.2, 0) is 17.9 Å². The molecular weight excluding hydrogens is 329 g/mol.